The third-order valence-corrected chi connectivity index (χ3v) is 2.92. The zero-order chi connectivity index (χ0) is 14.1. The zero-order valence-electron chi connectivity index (χ0n) is 10.6. The van der Waals surface area contributed by atoms with Crippen LogP contribution in [-0.2, 0) is 0 Å². The molecule has 5 nitrogen and oxygen atoms in total. The van der Waals surface area contributed by atoms with Crippen molar-refractivity contribution in [3.05, 3.63) is 53.6 Å². The van der Waals surface area contributed by atoms with Crippen molar-refractivity contribution in [3.63, 3.8) is 0 Å². The molecule has 0 saturated carbocycles. The van der Waals surface area contributed by atoms with Crippen LogP contribution in [0, 0.1) is 12.7 Å². The van der Waals surface area contributed by atoms with Crippen LogP contribution in [0.25, 0.3) is 10.9 Å². The van der Waals surface area contributed by atoms with Gasteiger partial charge in [0, 0.05) is 11.6 Å². The lowest BCUT2D eigenvalue weighted by Gasteiger charge is -2.03. The number of amides is 1. The molecular formula is C14H11FN4O. The number of aromatic nitrogens is 3. The normalized spacial score (nSPS) is 10.7. The third kappa shape index (κ3) is 2.11. The Morgan fingerprint density at radius 1 is 1.30 bits per heavy atom. The minimum Gasteiger partial charge on any atom is -0.305 e. The molecule has 3 rings (SSSR count). The topological polar surface area (TPSA) is 70.7 Å². The van der Waals surface area contributed by atoms with E-state index in [9.17, 15) is 9.18 Å². The Labute approximate surface area is 113 Å². The molecule has 0 radical (unpaired) electrons. The van der Waals surface area contributed by atoms with Gasteiger partial charge < -0.3 is 5.32 Å². The molecule has 0 fully saturated rings. The van der Waals surface area contributed by atoms with E-state index in [2.05, 4.69) is 20.5 Å². The first-order valence-corrected chi connectivity index (χ1v) is 6.02. The fraction of sp³-hybridized carbons (Fsp3) is 0.0714. The second-order valence-electron chi connectivity index (χ2n) is 4.41. The van der Waals surface area contributed by atoms with Crippen LogP contribution in [-0.4, -0.2) is 21.1 Å². The average molecular weight is 270 g/mol. The number of hydrogen-bond donors (Lipinski definition) is 2. The summed E-state index contributed by atoms with van der Waals surface area (Å²) < 4.78 is 13.5. The molecule has 0 aliphatic heterocycles. The van der Waals surface area contributed by atoms with Crippen molar-refractivity contribution in [2.24, 2.45) is 0 Å². The first-order valence-electron chi connectivity index (χ1n) is 6.02. The summed E-state index contributed by atoms with van der Waals surface area (Å²) in [6.07, 6.45) is 1.65. The third-order valence-electron chi connectivity index (χ3n) is 2.92. The Balaban J connectivity index is 1.93. The monoisotopic (exact) mass is 270 g/mol. The SMILES string of the molecule is Cc1ccc(NC(=O)c2[nH]nc3c(F)cccc23)nc1. The van der Waals surface area contributed by atoms with E-state index in [0.717, 1.165) is 5.56 Å². The highest BCUT2D eigenvalue weighted by Crippen LogP contribution is 2.19. The summed E-state index contributed by atoms with van der Waals surface area (Å²) in [5.41, 5.74) is 1.36. The number of benzene rings is 1. The van der Waals surface area contributed by atoms with Gasteiger partial charge in [0.2, 0.25) is 0 Å². The molecule has 3 aromatic rings. The predicted molar refractivity (Wildman–Crippen MR) is 73.0 cm³/mol. The Bertz CT molecular complexity index is 779. The number of para-hydroxylation sites is 1. The van der Waals surface area contributed by atoms with Gasteiger partial charge in [0.15, 0.2) is 5.82 Å². The van der Waals surface area contributed by atoms with Crippen LogP contribution in [0.4, 0.5) is 10.2 Å². The molecular weight excluding hydrogens is 259 g/mol. The van der Waals surface area contributed by atoms with Crippen molar-refractivity contribution in [2.75, 3.05) is 5.32 Å². The van der Waals surface area contributed by atoms with E-state index in [1.54, 1.807) is 18.3 Å². The number of halogens is 1. The van der Waals surface area contributed by atoms with E-state index >= 15 is 0 Å². The van der Waals surface area contributed by atoms with Gasteiger partial charge in [0.1, 0.15) is 17.0 Å². The van der Waals surface area contributed by atoms with Crippen LogP contribution in [0.1, 0.15) is 16.1 Å². The second-order valence-corrected chi connectivity index (χ2v) is 4.41. The number of fused-ring (bicyclic) bond motifs is 1. The van der Waals surface area contributed by atoms with Crippen molar-refractivity contribution in [2.45, 2.75) is 6.92 Å². The molecule has 0 atom stereocenters. The largest absolute Gasteiger partial charge is 0.305 e. The van der Waals surface area contributed by atoms with Crippen molar-refractivity contribution >= 4 is 22.6 Å². The average Bonchev–Trinajstić information content (AvgIpc) is 2.87. The molecule has 0 bridgehead atoms. The van der Waals surface area contributed by atoms with Crippen molar-refractivity contribution < 1.29 is 9.18 Å². The number of carbonyl (C=O) groups excluding carboxylic acids is 1. The lowest BCUT2D eigenvalue weighted by molar-refractivity contribution is 0.102. The van der Waals surface area contributed by atoms with E-state index in [1.165, 1.54) is 12.1 Å². The molecule has 2 heterocycles. The van der Waals surface area contributed by atoms with Gasteiger partial charge >= 0.3 is 0 Å². The predicted octanol–water partition coefficient (Wildman–Crippen LogP) is 2.66. The van der Waals surface area contributed by atoms with E-state index in [4.69, 9.17) is 0 Å². The summed E-state index contributed by atoms with van der Waals surface area (Å²) in [6.45, 7) is 1.91. The molecule has 2 N–H and O–H groups in total. The molecule has 6 heteroatoms. The minimum atomic E-state index is -0.466. The summed E-state index contributed by atoms with van der Waals surface area (Å²) in [7, 11) is 0. The highest BCUT2D eigenvalue weighted by Gasteiger charge is 2.15. The van der Waals surface area contributed by atoms with Crippen molar-refractivity contribution in [1.29, 1.82) is 0 Å². The summed E-state index contributed by atoms with van der Waals surface area (Å²) >= 11 is 0. The standard InChI is InChI=1S/C14H11FN4O/c1-8-5-6-11(16-7-8)17-14(20)13-9-3-2-4-10(15)12(9)18-19-13/h2-7H,1H3,(H,18,19)(H,16,17,20). The minimum absolute atomic E-state index is 0.148. The van der Waals surface area contributed by atoms with Gasteiger partial charge in [-0.1, -0.05) is 18.2 Å². The van der Waals surface area contributed by atoms with Crippen LogP contribution >= 0.6 is 0 Å². The van der Waals surface area contributed by atoms with Crippen LogP contribution in [0.5, 0.6) is 0 Å². The maximum absolute atomic E-state index is 13.5. The van der Waals surface area contributed by atoms with Crippen LogP contribution in [0.15, 0.2) is 36.5 Å². The smallest absolute Gasteiger partial charge is 0.275 e. The maximum Gasteiger partial charge on any atom is 0.275 e. The molecule has 1 amide bonds. The van der Waals surface area contributed by atoms with E-state index < -0.39 is 11.7 Å². The Hall–Kier alpha value is -2.76. The number of pyridine rings is 1. The number of aryl methyl sites for hydroxylation is 1. The number of rotatable bonds is 2. The van der Waals surface area contributed by atoms with Crippen LogP contribution in [0.3, 0.4) is 0 Å². The lowest BCUT2D eigenvalue weighted by atomic mass is 10.2. The van der Waals surface area contributed by atoms with Gasteiger partial charge in [0.25, 0.3) is 5.91 Å². The van der Waals surface area contributed by atoms with Gasteiger partial charge in [-0.3, -0.25) is 9.89 Å². The van der Waals surface area contributed by atoms with Crippen LogP contribution < -0.4 is 5.32 Å². The Kier molecular flexibility index (Phi) is 2.90. The fourth-order valence-corrected chi connectivity index (χ4v) is 1.90. The molecule has 0 aliphatic rings. The fourth-order valence-electron chi connectivity index (χ4n) is 1.90. The number of carbonyl (C=O) groups is 1. The maximum atomic E-state index is 13.5. The lowest BCUT2D eigenvalue weighted by Crippen LogP contribution is -2.13. The number of anilines is 1. The molecule has 0 unspecified atom stereocenters. The molecule has 0 spiro atoms. The summed E-state index contributed by atoms with van der Waals surface area (Å²) in [4.78, 5) is 16.2. The van der Waals surface area contributed by atoms with Gasteiger partial charge in [-0.2, -0.15) is 5.10 Å². The molecule has 1 aromatic carbocycles. The number of H-pyrrole nitrogens is 1. The van der Waals surface area contributed by atoms with E-state index in [0.29, 0.717) is 11.2 Å². The second kappa shape index (κ2) is 4.73. The number of aromatic amines is 1. The number of nitrogens with one attached hydrogen (secondary N) is 2. The Morgan fingerprint density at radius 2 is 2.15 bits per heavy atom. The quantitative estimate of drug-likeness (QED) is 0.752. The van der Waals surface area contributed by atoms with Crippen LogP contribution in [0.2, 0.25) is 0 Å². The highest BCUT2D eigenvalue weighted by atomic mass is 19.1. The van der Waals surface area contributed by atoms with Crippen molar-refractivity contribution in [1.82, 2.24) is 15.2 Å². The molecule has 2 aromatic heterocycles. The summed E-state index contributed by atoms with van der Waals surface area (Å²) in [6, 6.07) is 8.01. The zero-order valence-corrected chi connectivity index (χ0v) is 10.6. The molecule has 100 valence electrons. The van der Waals surface area contributed by atoms with Crippen molar-refractivity contribution in [3.8, 4) is 0 Å². The molecule has 20 heavy (non-hydrogen) atoms. The summed E-state index contributed by atoms with van der Waals surface area (Å²) in [5, 5.41) is 9.45. The number of hydrogen-bond acceptors (Lipinski definition) is 3. The van der Waals surface area contributed by atoms with E-state index in [-0.39, 0.29) is 11.2 Å². The molecule has 0 saturated heterocycles. The van der Waals surface area contributed by atoms with Gasteiger partial charge in [-0.15, -0.1) is 0 Å². The summed E-state index contributed by atoms with van der Waals surface area (Å²) in [5.74, 6) is -0.444. The first-order chi connectivity index (χ1) is 9.65. The van der Waals surface area contributed by atoms with Gasteiger partial charge in [0.05, 0.1) is 0 Å². The highest BCUT2D eigenvalue weighted by molar-refractivity contribution is 6.10. The Morgan fingerprint density at radius 3 is 2.90 bits per heavy atom. The molecule has 0 aliphatic carbocycles. The van der Waals surface area contributed by atoms with Gasteiger partial charge in [-0.25, -0.2) is 9.37 Å². The number of nitrogens with zero attached hydrogens (tertiary/aromatic N) is 2. The van der Waals surface area contributed by atoms with E-state index in [1.807, 2.05) is 13.0 Å². The first kappa shape index (κ1) is 12.3. The van der Waals surface area contributed by atoms with Gasteiger partial charge in [-0.05, 0) is 24.6 Å².